The van der Waals surface area contributed by atoms with E-state index >= 15 is 0 Å². The largest absolute Gasteiger partial charge is 0.324 e. The number of benzene rings is 1. The summed E-state index contributed by atoms with van der Waals surface area (Å²) in [4.78, 5) is 25.2. The Balaban J connectivity index is 2.29. The maximum absolute atomic E-state index is 10.8. The van der Waals surface area contributed by atoms with Crippen molar-refractivity contribution in [2.75, 3.05) is 0 Å². The first-order chi connectivity index (χ1) is 9.49. The van der Waals surface area contributed by atoms with Crippen LogP contribution in [0, 0.1) is 27.2 Å². The average Bonchev–Trinajstić information content (AvgIpc) is 2.86. The van der Waals surface area contributed by atoms with Gasteiger partial charge in [0.15, 0.2) is 0 Å². The first kappa shape index (κ1) is 13.8. The smallest absolute Gasteiger partial charge is 0.258 e. The van der Waals surface area contributed by atoms with E-state index in [9.17, 15) is 20.2 Å². The Morgan fingerprint density at radius 2 is 1.90 bits per heavy atom. The van der Waals surface area contributed by atoms with Gasteiger partial charge in [-0.15, -0.1) is 0 Å². The molecule has 0 saturated heterocycles. The molecule has 1 aromatic carbocycles. The van der Waals surface area contributed by atoms with Crippen LogP contribution in [-0.4, -0.2) is 16.1 Å². The molecule has 20 heavy (non-hydrogen) atoms. The number of nitrogens with zero attached hydrogens (tertiary/aromatic N) is 3. The van der Waals surface area contributed by atoms with Crippen molar-refractivity contribution in [1.29, 1.82) is 0 Å². The van der Waals surface area contributed by atoms with Crippen LogP contribution >= 0.6 is 11.3 Å². The van der Waals surface area contributed by atoms with Crippen molar-refractivity contribution in [2.24, 2.45) is 4.99 Å². The van der Waals surface area contributed by atoms with Gasteiger partial charge in [-0.3, -0.25) is 25.2 Å². The van der Waals surface area contributed by atoms with Gasteiger partial charge in [-0.1, -0.05) is 17.4 Å². The van der Waals surface area contributed by atoms with E-state index in [0.29, 0.717) is 16.1 Å². The number of thiophene rings is 1. The summed E-state index contributed by atoms with van der Waals surface area (Å²) in [5.74, 6) is 0. The van der Waals surface area contributed by atoms with Crippen molar-refractivity contribution < 1.29 is 9.85 Å². The van der Waals surface area contributed by atoms with Crippen molar-refractivity contribution in [1.82, 2.24) is 0 Å². The molecule has 0 bridgehead atoms. The number of nitro benzene ring substituents is 1. The molecule has 0 N–H and O–H groups in total. The Morgan fingerprint density at radius 1 is 1.15 bits per heavy atom. The van der Waals surface area contributed by atoms with Crippen LogP contribution in [0.1, 0.15) is 10.4 Å². The normalized spacial score (nSPS) is 10.8. The van der Waals surface area contributed by atoms with Crippen LogP contribution in [0.3, 0.4) is 0 Å². The molecule has 2 aromatic rings. The lowest BCUT2D eigenvalue weighted by Crippen LogP contribution is -1.91. The molecule has 1 aromatic heterocycles. The zero-order valence-corrected chi connectivity index (χ0v) is 11.2. The Morgan fingerprint density at radius 3 is 2.50 bits per heavy atom. The van der Waals surface area contributed by atoms with Gasteiger partial charge < -0.3 is 0 Å². The van der Waals surface area contributed by atoms with E-state index < -0.39 is 9.85 Å². The SMILES string of the molecule is Cc1c(N=Cc2ccc([N+](=O)[O-])s2)cccc1[N+](=O)[O-]. The molecule has 0 aliphatic heterocycles. The Kier molecular flexibility index (Phi) is 3.85. The summed E-state index contributed by atoms with van der Waals surface area (Å²) in [6, 6.07) is 7.59. The van der Waals surface area contributed by atoms with Crippen LogP contribution < -0.4 is 0 Å². The fourth-order valence-electron chi connectivity index (χ4n) is 1.59. The molecule has 7 nitrogen and oxygen atoms in total. The predicted octanol–water partition coefficient (Wildman–Crippen LogP) is 3.62. The fraction of sp³-hybridized carbons (Fsp3) is 0.0833. The molecule has 0 radical (unpaired) electrons. The molecule has 0 atom stereocenters. The zero-order valence-electron chi connectivity index (χ0n) is 10.3. The second kappa shape index (κ2) is 5.57. The molecule has 1 heterocycles. The monoisotopic (exact) mass is 291 g/mol. The lowest BCUT2D eigenvalue weighted by molar-refractivity contribution is -0.385. The number of hydrogen-bond acceptors (Lipinski definition) is 6. The third-order valence-corrected chi connectivity index (χ3v) is 3.57. The van der Waals surface area contributed by atoms with Crippen LogP contribution in [0.2, 0.25) is 0 Å². The second-order valence-corrected chi connectivity index (χ2v) is 4.96. The number of hydrogen-bond donors (Lipinski definition) is 0. The zero-order chi connectivity index (χ0) is 14.7. The number of rotatable bonds is 4. The van der Waals surface area contributed by atoms with Crippen molar-refractivity contribution >= 4 is 33.9 Å². The van der Waals surface area contributed by atoms with E-state index in [-0.39, 0.29) is 10.7 Å². The van der Waals surface area contributed by atoms with Gasteiger partial charge in [0.25, 0.3) is 5.69 Å². The van der Waals surface area contributed by atoms with Crippen LogP contribution in [0.5, 0.6) is 0 Å². The van der Waals surface area contributed by atoms with Crippen molar-refractivity contribution in [3.05, 3.63) is 61.0 Å². The molecule has 0 saturated carbocycles. The number of aliphatic imine (C=N–C) groups is 1. The molecule has 0 amide bonds. The molecule has 8 heteroatoms. The highest BCUT2D eigenvalue weighted by Crippen LogP contribution is 2.28. The lowest BCUT2D eigenvalue weighted by atomic mass is 10.1. The summed E-state index contributed by atoms with van der Waals surface area (Å²) in [6.45, 7) is 1.61. The van der Waals surface area contributed by atoms with E-state index in [4.69, 9.17) is 0 Å². The van der Waals surface area contributed by atoms with E-state index in [1.165, 1.54) is 18.3 Å². The Hall–Kier alpha value is -2.61. The standard InChI is InChI=1S/C12H9N3O4S/c1-8-10(3-2-4-11(8)14(16)17)13-7-9-5-6-12(20-9)15(18)19/h2-7H,1H3. The van der Waals surface area contributed by atoms with Gasteiger partial charge in [-0.25, -0.2) is 0 Å². The molecule has 0 fully saturated rings. The van der Waals surface area contributed by atoms with E-state index in [1.807, 2.05) is 0 Å². The molecule has 0 unspecified atom stereocenters. The van der Waals surface area contributed by atoms with Gasteiger partial charge in [0, 0.05) is 18.3 Å². The average molecular weight is 291 g/mol. The minimum Gasteiger partial charge on any atom is -0.258 e. The first-order valence-electron chi connectivity index (χ1n) is 5.51. The molecule has 2 rings (SSSR count). The van der Waals surface area contributed by atoms with Crippen molar-refractivity contribution in [2.45, 2.75) is 6.92 Å². The van der Waals surface area contributed by atoms with E-state index in [2.05, 4.69) is 4.99 Å². The molecular formula is C12H9N3O4S. The summed E-state index contributed by atoms with van der Waals surface area (Å²) >= 11 is 0.994. The van der Waals surface area contributed by atoms with E-state index in [1.54, 1.807) is 25.1 Å². The molecule has 0 spiro atoms. The van der Waals surface area contributed by atoms with Gasteiger partial charge in [-0.2, -0.15) is 0 Å². The quantitative estimate of drug-likeness (QED) is 0.488. The lowest BCUT2D eigenvalue weighted by Gasteiger charge is -2.00. The Bertz CT molecular complexity index is 708. The summed E-state index contributed by atoms with van der Waals surface area (Å²) in [5.41, 5.74) is 0.923. The third-order valence-electron chi connectivity index (χ3n) is 2.60. The highest BCUT2D eigenvalue weighted by atomic mass is 32.1. The van der Waals surface area contributed by atoms with Gasteiger partial charge in [0.05, 0.1) is 26.0 Å². The minimum atomic E-state index is -0.472. The predicted molar refractivity (Wildman–Crippen MR) is 76.1 cm³/mol. The molecular weight excluding hydrogens is 282 g/mol. The number of nitro groups is 2. The van der Waals surface area contributed by atoms with Gasteiger partial charge >= 0.3 is 5.00 Å². The van der Waals surface area contributed by atoms with Gasteiger partial charge in [0.1, 0.15) is 0 Å². The summed E-state index contributed by atoms with van der Waals surface area (Å²) in [7, 11) is 0. The third kappa shape index (κ3) is 2.86. The van der Waals surface area contributed by atoms with Gasteiger partial charge in [0.2, 0.25) is 0 Å². The highest BCUT2D eigenvalue weighted by Gasteiger charge is 2.12. The highest BCUT2D eigenvalue weighted by molar-refractivity contribution is 7.16. The summed E-state index contributed by atoms with van der Waals surface area (Å²) < 4.78 is 0. The second-order valence-electron chi connectivity index (χ2n) is 3.87. The first-order valence-corrected chi connectivity index (χ1v) is 6.33. The van der Waals surface area contributed by atoms with Gasteiger partial charge in [-0.05, 0) is 19.1 Å². The maximum atomic E-state index is 10.8. The topological polar surface area (TPSA) is 98.6 Å². The minimum absolute atomic E-state index is 0.00295. The van der Waals surface area contributed by atoms with Crippen molar-refractivity contribution in [3.8, 4) is 0 Å². The molecule has 0 aliphatic carbocycles. The Labute approximate surface area is 117 Å². The van der Waals surface area contributed by atoms with Crippen molar-refractivity contribution in [3.63, 3.8) is 0 Å². The van der Waals surface area contributed by atoms with Crippen LogP contribution in [0.4, 0.5) is 16.4 Å². The fourth-order valence-corrected chi connectivity index (χ4v) is 2.29. The van der Waals surface area contributed by atoms with Crippen LogP contribution in [0.25, 0.3) is 0 Å². The molecule has 0 aliphatic rings. The van der Waals surface area contributed by atoms with Crippen LogP contribution in [-0.2, 0) is 0 Å². The summed E-state index contributed by atoms with van der Waals surface area (Å²) in [6.07, 6.45) is 1.46. The molecule has 102 valence electrons. The van der Waals surface area contributed by atoms with E-state index in [0.717, 1.165) is 11.3 Å². The van der Waals surface area contributed by atoms with Crippen LogP contribution in [0.15, 0.2) is 35.3 Å². The summed E-state index contributed by atoms with van der Waals surface area (Å²) in [5, 5.41) is 21.4. The maximum Gasteiger partial charge on any atom is 0.324 e.